The minimum atomic E-state index is -1.06. The topological polar surface area (TPSA) is 100 Å². The molecule has 0 aliphatic rings. The fraction of sp³-hybridized carbons (Fsp3) is 0.250. The van der Waals surface area contributed by atoms with Crippen LogP contribution in [0.4, 0.5) is 0 Å². The summed E-state index contributed by atoms with van der Waals surface area (Å²) in [6.45, 7) is 3.71. The molecule has 0 bridgehead atoms. The van der Waals surface area contributed by atoms with Crippen LogP contribution in [-0.2, 0) is 32.3 Å². The van der Waals surface area contributed by atoms with Crippen molar-refractivity contribution in [3.63, 3.8) is 0 Å². The van der Waals surface area contributed by atoms with Crippen molar-refractivity contribution in [2.75, 3.05) is 0 Å². The van der Waals surface area contributed by atoms with Crippen LogP contribution in [0.1, 0.15) is 45.7 Å². The van der Waals surface area contributed by atoms with Crippen LogP contribution >= 0.6 is 0 Å². The molecule has 2 aromatic rings. The molecule has 0 saturated heterocycles. The monoisotopic (exact) mass is 402 g/mol. The van der Waals surface area contributed by atoms with E-state index in [-0.39, 0.29) is 30.6 Å². The quantitative estimate of drug-likeness (QED) is 0.747. The average Bonchev–Trinajstić information content (AvgIpc) is 2.53. The molecule has 2 heterocycles. The maximum absolute atomic E-state index is 11.6. The minimum absolute atomic E-state index is 0. The molecule has 0 aliphatic carbocycles. The molecule has 2 rings (SSSR count). The number of aromatic carboxylic acids is 2. The first-order chi connectivity index (χ1) is 10.5. The second-order valence-corrected chi connectivity index (χ2v) is 4.73. The van der Waals surface area contributed by atoms with Gasteiger partial charge in [-0.3, -0.25) is 9.97 Å². The predicted octanol–water partition coefficient (Wildman–Crippen LogP) is 2.66. The third kappa shape index (κ3) is 3.80. The Balaban J connectivity index is 0.00000264. The van der Waals surface area contributed by atoms with E-state index < -0.39 is 11.9 Å². The largest absolute Gasteiger partial charge is 0.478 e. The van der Waals surface area contributed by atoms with Crippen LogP contribution < -0.4 is 0 Å². The first kappa shape index (κ1) is 18.9. The molecule has 2 N–H and O–H groups in total. The smallest absolute Gasteiger partial charge is 0.336 e. The number of aryl methyl sites for hydroxylation is 1. The zero-order valence-corrected chi connectivity index (χ0v) is 14.4. The summed E-state index contributed by atoms with van der Waals surface area (Å²) < 4.78 is 0. The SMILES string of the molecule is CCc1cnc(-c2cc(C(=O)O)ccn2)c(CC)c1C(=O)O.[Ru]. The summed E-state index contributed by atoms with van der Waals surface area (Å²) in [6.07, 6.45) is 3.93. The Labute approximate surface area is 146 Å². The summed E-state index contributed by atoms with van der Waals surface area (Å²) in [7, 11) is 0. The van der Waals surface area contributed by atoms with E-state index >= 15 is 0 Å². The molecule has 23 heavy (non-hydrogen) atoms. The summed E-state index contributed by atoms with van der Waals surface area (Å²) in [5, 5.41) is 18.5. The van der Waals surface area contributed by atoms with Gasteiger partial charge in [0.1, 0.15) is 0 Å². The Morgan fingerprint density at radius 1 is 1.09 bits per heavy atom. The molecule has 0 amide bonds. The number of carbonyl (C=O) groups is 2. The van der Waals surface area contributed by atoms with Crippen molar-refractivity contribution in [2.45, 2.75) is 26.7 Å². The van der Waals surface area contributed by atoms with Crippen LogP contribution in [0.25, 0.3) is 11.4 Å². The van der Waals surface area contributed by atoms with Crippen molar-refractivity contribution >= 4 is 11.9 Å². The van der Waals surface area contributed by atoms with Gasteiger partial charge in [-0.05, 0) is 36.1 Å². The van der Waals surface area contributed by atoms with Crippen LogP contribution in [0.5, 0.6) is 0 Å². The van der Waals surface area contributed by atoms with Crippen molar-refractivity contribution in [1.82, 2.24) is 9.97 Å². The molecule has 2 aromatic heterocycles. The number of nitrogens with zero attached hydrogens (tertiary/aromatic N) is 2. The number of pyridine rings is 2. The Morgan fingerprint density at radius 2 is 1.78 bits per heavy atom. The van der Waals surface area contributed by atoms with Crippen molar-refractivity contribution in [2.24, 2.45) is 0 Å². The van der Waals surface area contributed by atoms with Crippen molar-refractivity contribution in [3.05, 3.63) is 46.8 Å². The van der Waals surface area contributed by atoms with Crippen molar-refractivity contribution in [3.8, 4) is 11.4 Å². The first-order valence-corrected chi connectivity index (χ1v) is 6.93. The van der Waals surface area contributed by atoms with Crippen LogP contribution in [-0.4, -0.2) is 32.1 Å². The Hall–Kier alpha value is -2.14. The Kier molecular flexibility index (Phi) is 6.52. The van der Waals surface area contributed by atoms with Gasteiger partial charge < -0.3 is 10.2 Å². The van der Waals surface area contributed by atoms with Crippen molar-refractivity contribution < 1.29 is 39.3 Å². The summed E-state index contributed by atoms with van der Waals surface area (Å²) in [5.74, 6) is -2.07. The van der Waals surface area contributed by atoms with Gasteiger partial charge in [-0.25, -0.2) is 9.59 Å². The fourth-order valence-corrected chi connectivity index (χ4v) is 2.39. The molecule has 0 spiro atoms. The second kappa shape index (κ2) is 7.93. The molecule has 7 heteroatoms. The zero-order chi connectivity index (χ0) is 16.3. The van der Waals surface area contributed by atoms with Gasteiger partial charge in [0.05, 0.1) is 22.5 Å². The standard InChI is InChI=1S/C16H16N2O4.Ru/c1-3-9-8-18-14(11(4-2)13(9)16(21)22)12-7-10(15(19)20)5-6-17-12;/h5-8H,3-4H2,1-2H3,(H,19,20)(H,21,22);. The maximum atomic E-state index is 11.6. The van der Waals surface area contributed by atoms with Gasteiger partial charge in [0.15, 0.2) is 0 Å². The number of carboxylic acids is 2. The van der Waals surface area contributed by atoms with Gasteiger partial charge in [0.25, 0.3) is 0 Å². The molecule has 0 aromatic carbocycles. The van der Waals surface area contributed by atoms with E-state index in [1.54, 1.807) is 0 Å². The van der Waals surface area contributed by atoms with Crippen molar-refractivity contribution in [1.29, 1.82) is 0 Å². The first-order valence-electron chi connectivity index (χ1n) is 6.93. The van der Waals surface area contributed by atoms with E-state index in [1.807, 2.05) is 13.8 Å². The molecule has 6 nitrogen and oxygen atoms in total. The van der Waals surface area contributed by atoms with Gasteiger partial charge >= 0.3 is 11.9 Å². The van der Waals surface area contributed by atoms with Gasteiger partial charge in [-0.2, -0.15) is 0 Å². The molecule has 0 saturated carbocycles. The van der Waals surface area contributed by atoms with Crippen LogP contribution in [0.2, 0.25) is 0 Å². The molecule has 0 unspecified atom stereocenters. The van der Waals surface area contributed by atoms with E-state index in [0.29, 0.717) is 35.4 Å². The second-order valence-electron chi connectivity index (χ2n) is 4.73. The Bertz CT molecular complexity index is 747. The maximum Gasteiger partial charge on any atom is 0.336 e. The minimum Gasteiger partial charge on any atom is -0.478 e. The number of carboxylic acid groups (broad SMARTS) is 2. The average molecular weight is 401 g/mol. The molecular weight excluding hydrogens is 385 g/mol. The number of hydrogen-bond donors (Lipinski definition) is 2. The van der Waals surface area contributed by atoms with Gasteiger partial charge in [-0.1, -0.05) is 13.8 Å². The number of hydrogen-bond acceptors (Lipinski definition) is 4. The fourth-order valence-electron chi connectivity index (χ4n) is 2.39. The Morgan fingerprint density at radius 3 is 2.30 bits per heavy atom. The molecule has 122 valence electrons. The summed E-state index contributed by atoms with van der Waals surface area (Å²) >= 11 is 0. The van der Waals surface area contributed by atoms with E-state index in [1.165, 1.54) is 24.5 Å². The summed E-state index contributed by atoms with van der Waals surface area (Å²) in [4.78, 5) is 31.1. The number of aromatic nitrogens is 2. The van der Waals surface area contributed by atoms with E-state index in [2.05, 4.69) is 9.97 Å². The van der Waals surface area contributed by atoms with Gasteiger partial charge in [0, 0.05) is 31.9 Å². The summed E-state index contributed by atoms with van der Waals surface area (Å²) in [5.41, 5.74) is 2.33. The molecule has 0 aliphatic heterocycles. The third-order valence-corrected chi connectivity index (χ3v) is 3.46. The van der Waals surface area contributed by atoms with Gasteiger partial charge in [-0.15, -0.1) is 0 Å². The predicted molar refractivity (Wildman–Crippen MR) is 80.1 cm³/mol. The molecule has 0 atom stereocenters. The van der Waals surface area contributed by atoms with Crippen LogP contribution in [0, 0.1) is 0 Å². The normalized spacial score (nSPS) is 10.0. The van der Waals surface area contributed by atoms with Crippen LogP contribution in [0.3, 0.4) is 0 Å². The number of rotatable bonds is 5. The van der Waals surface area contributed by atoms with Gasteiger partial charge in [0.2, 0.25) is 0 Å². The summed E-state index contributed by atoms with van der Waals surface area (Å²) in [6, 6.07) is 2.79. The third-order valence-electron chi connectivity index (χ3n) is 3.46. The van der Waals surface area contributed by atoms with Crippen LogP contribution in [0.15, 0.2) is 24.5 Å². The van der Waals surface area contributed by atoms with E-state index in [4.69, 9.17) is 5.11 Å². The molecule has 0 radical (unpaired) electrons. The van der Waals surface area contributed by atoms with E-state index in [0.717, 1.165) is 0 Å². The molecular formula is C16H16N2O4Ru. The zero-order valence-electron chi connectivity index (χ0n) is 12.7. The molecule has 0 fully saturated rings. The van der Waals surface area contributed by atoms with E-state index in [9.17, 15) is 14.7 Å².